The van der Waals surface area contributed by atoms with Crippen LogP contribution in [0.15, 0.2) is 78.6 Å². The molecule has 0 aliphatic carbocycles. The Hall–Kier alpha value is -3.52. The molecule has 0 amide bonds. The van der Waals surface area contributed by atoms with Gasteiger partial charge < -0.3 is 14.8 Å². The third-order valence-electron chi connectivity index (χ3n) is 5.72. The average Bonchev–Trinajstić information content (AvgIpc) is 3.37. The van der Waals surface area contributed by atoms with Crippen LogP contribution in [0.2, 0.25) is 15.1 Å². The molecule has 2 heterocycles. The van der Waals surface area contributed by atoms with Gasteiger partial charge in [-0.25, -0.2) is 9.48 Å². The maximum Gasteiger partial charge on any atom is 0.338 e. The average molecular weight is 542 g/mol. The highest BCUT2D eigenvalue weighted by molar-refractivity contribution is 6.42. The number of hydrogen-bond acceptors (Lipinski definition) is 6. The Morgan fingerprint density at radius 2 is 1.75 bits per heavy atom. The Morgan fingerprint density at radius 1 is 1.00 bits per heavy atom. The molecule has 36 heavy (non-hydrogen) atoms. The van der Waals surface area contributed by atoms with Gasteiger partial charge in [0.15, 0.2) is 0 Å². The number of carbonyl (C=O) groups excluding carboxylic acids is 1. The normalized spacial score (nSPS) is 14.7. The van der Waals surface area contributed by atoms with Gasteiger partial charge in [0.25, 0.3) is 0 Å². The van der Waals surface area contributed by atoms with Crippen molar-refractivity contribution in [1.82, 2.24) is 14.8 Å². The van der Waals surface area contributed by atoms with Gasteiger partial charge in [-0.2, -0.15) is 10.1 Å². The molecule has 1 atom stereocenters. The van der Waals surface area contributed by atoms with E-state index in [0.717, 1.165) is 16.7 Å². The maximum absolute atomic E-state index is 13.1. The lowest BCUT2D eigenvalue weighted by atomic mass is 9.93. The molecule has 0 saturated heterocycles. The van der Waals surface area contributed by atoms with Gasteiger partial charge in [-0.15, -0.1) is 0 Å². The van der Waals surface area contributed by atoms with E-state index in [-0.39, 0.29) is 0 Å². The van der Waals surface area contributed by atoms with E-state index < -0.39 is 12.0 Å². The van der Waals surface area contributed by atoms with Crippen molar-refractivity contribution in [2.24, 2.45) is 0 Å². The van der Waals surface area contributed by atoms with Gasteiger partial charge in [-0.05, 0) is 53.1 Å². The summed E-state index contributed by atoms with van der Waals surface area (Å²) >= 11 is 18.2. The fourth-order valence-corrected chi connectivity index (χ4v) is 4.43. The molecule has 1 aliphatic heterocycles. The van der Waals surface area contributed by atoms with Crippen molar-refractivity contribution in [2.45, 2.75) is 12.6 Å². The third-order valence-corrected chi connectivity index (χ3v) is 6.71. The van der Waals surface area contributed by atoms with Crippen molar-refractivity contribution in [3.8, 4) is 5.75 Å². The molecule has 1 aromatic heterocycles. The van der Waals surface area contributed by atoms with E-state index in [2.05, 4.69) is 15.4 Å². The Balaban J connectivity index is 1.49. The number of fused-ring (bicyclic) bond motifs is 1. The van der Waals surface area contributed by atoms with Crippen LogP contribution in [0.5, 0.6) is 5.75 Å². The van der Waals surface area contributed by atoms with Crippen LogP contribution < -0.4 is 10.1 Å². The summed E-state index contributed by atoms with van der Waals surface area (Å²) in [5.74, 6) is 0.662. The van der Waals surface area contributed by atoms with Gasteiger partial charge in [-0.1, -0.05) is 65.1 Å². The number of esters is 1. The van der Waals surface area contributed by atoms with Crippen molar-refractivity contribution < 1.29 is 14.3 Å². The summed E-state index contributed by atoms with van der Waals surface area (Å²) in [5.41, 5.74) is 3.42. The molecule has 0 unspecified atom stereocenters. The van der Waals surface area contributed by atoms with Crippen LogP contribution in [0.4, 0.5) is 5.95 Å². The minimum absolute atomic E-state index is 0.324. The van der Waals surface area contributed by atoms with E-state index in [0.29, 0.717) is 44.6 Å². The standard InChI is InChI=1S/C26H19Cl3N4O3/c1-35-25(34)22-23(16-3-7-18(27)8-4-16)32-26-30-14-31-33(26)24(22)17-5-9-19(10-6-17)36-13-15-2-11-20(28)21(29)12-15/h2-12,14,24H,13H2,1H3,(H,30,31,32)/t24-/m1/s1. The number of nitrogens with zero attached hydrogens (tertiary/aromatic N) is 3. The van der Waals surface area contributed by atoms with Crippen LogP contribution in [0.25, 0.3) is 5.70 Å². The second-order valence-electron chi connectivity index (χ2n) is 7.95. The first-order chi connectivity index (χ1) is 17.4. The summed E-state index contributed by atoms with van der Waals surface area (Å²) < 4.78 is 12.7. The lowest BCUT2D eigenvalue weighted by Crippen LogP contribution is -2.29. The van der Waals surface area contributed by atoms with Gasteiger partial charge in [0.1, 0.15) is 24.7 Å². The van der Waals surface area contributed by atoms with Crippen LogP contribution in [-0.4, -0.2) is 27.8 Å². The minimum Gasteiger partial charge on any atom is -0.489 e. The largest absolute Gasteiger partial charge is 0.489 e. The first-order valence-electron chi connectivity index (χ1n) is 10.9. The van der Waals surface area contributed by atoms with E-state index >= 15 is 0 Å². The number of ether oxygens (including phenoxy) is 2. The molecule has 0 bridgehead atoms. The first kappa shape index (κ1) is 24.2. The second kappa shape index (κ2) is 10.2. The maximum atomic E-state index is 13.1. The number of halogens is 3. The van der Waals surface area contributed by atoms with Gasteiger partial charge in [0.05, 0.1) is 28.4 Å². The smallest absolute Gasteiger partial charge is 0.338 e. The number of aromatic nitrogens is 3. The zero-order chi connectivity index (χ0) is 25.2. The summed E-state index contributed by atoms with van der Waals surface area (Å²) in [6.07, 6.45) is 1.43. The van der Waals surface area contributed by atoms with Crippen molar-refractivity contribution in [2.75, 3.05) is 12.4 Å². The fraction of sp³-hybridized carbons (Fsp3) is 0.115. The van der Waals surface area contributed by atoms with E-state index in [9.17, 15) is 4.79 Å². The highest BCUT2D eigenvalue weighted by Crippen LogP contribution is 2.39. The van der Waals surface area contributed by atoms with E-state index in [4.69, 9.17) is 44.3 Å². The summed E-state index contributed by atoms with van der Waals surface area (Å²) in [6.45, 7) is 0.324. The Morgan fingerprint density at radius 3 is 2.44 bits per heavy atom. The molecule has 0 saturated carbocycles. The Bertz CT molecular complexity index is 1450. The van der Waals surface area contributed by atoms with Crippen molar-refractivity contribution in [1.29, 1.82) is 0 Å². The summed E-state index contributed by atoms with van der Waals surface area (Å²) in [6, 6.07) is 19.4. The summed E-state index contributed by atoms with van der Waals surface area (Å²) in [5, 5.41) is 9.13. The topological polar surface area (TPSA) is 78.3 Å². The molecule has 0 fully saturated rings. The SMILES string of the molecule is COC(=O)C1=C(c2ccc(Cl)cc2)Nc2ncnn2[C@@H]1c1ccc(OCc2ccc(Cl)c(Cl)c2)cc1. The zero-order valence-electron chi connectivity index (χ0n) is 18.9. The molecular weight excluding hydrogens is 523 g/mol. The highest BCUT2D eigenvalue weighted by Gasteiger charge is 2.36. The van der Waals surface area contributed by atoms with Crippen LogP contribution >= 0.6 is 34.8 Å². The molecule has 182 valence electrons. The van der Waals surface area contributed by atoms with E-state index in [1.165, 1.54) is 13.4 Å². The number of benzene rings is 3. The Kier molecular flexibility index (Phi) is 6.87. The number of anilines is 1. The minimum atomic E-state index is -0.578. The molecule has 5 rings (SSSR count). The quantitative estimate of drug-likeness (QED) is 0.284. The van der Waals surface area contributed by atoms with Crippen LogP contribution in [0.3, 0.4) is 0 Å². The molecule has 0 spiro atoms. The summed E-state index contributed by atoms with van der Waals surface area (Å²) in [7, 11) is 1.35. The molecule has 3 aromatic carbocycles. The molecule has 1 N–H and O–H groups in total. The number of carbonyl (C=O) groups is 1. The van der Waals surface area contributed by atoms with E-state index in [1.807, 2.05) is 42.5 Å². The number of methoxy groups -OCH3 is 1. The van der Waals surface area contributed by atoms with Crippen molar-refractivity contribution in [3.05, 3.63) is 110 Å². The fourth-order valence-electron chi connectivity index (χ4n) is 3.98. The van der Waals surface area contributed by atoms with Crippen molar-refractivity contribution in [3.63, 3.8) is 0 Å². The molecule has 10 heteroatoms. The summed E-state index contributed by atoms with van der Waals surface area (Å²) in [4.78, 5) is 17.4. The van der Waals surface area contributed by atoms with Gasteiger partial charge in [0, 0.05) is 5.02 Å². The Labute approximate surface area is 222 Å². The van der Waals surface area contributed by atoms with Gasteiger partial charge >= 0.3 is 5.97 Å². The van der Waals surface area contributed by atoms with Gasteiger partial charge in [0.2, 0.25) is 5.95 Å². The van der Waals surface area contributed by atoms with Crippen LogP contribution in [0, 0.1) is 0 Å². The van der Waals surface area contributed by atoms with Crippen LogP contribution in [-0.2, 0) is 16.1 Å². The van der Waals surface area contributed by atoms with Gasteiger partial charge in [-0.3, -0.25) is 0 Å². The molecule has 4 aromatic rings. The predicted octanol–water partition coefficient (Wildman–Crippen LogP) is 6.42. The molecule has 0 radical (unpaired) electrons. The highest BCUT2D eigenvalue weighted by atomic mass is 35.5. The zero-order valence-corrected chi connectivity index (χ0v) is 21.2. The molecule has 7 nitrogen and oxygen atoms in total. The number of nitrogens with one attached hydrogen (secondary N) is 1. The predicted molar refractivity (Wildman–Crippen MR) is 139 cm³/mol. The third kappa shape index (κ3) is 4.78. The van der Waals surface area contributed by atoms with Crippen LogP contribution in [0.1, 0.15) is 22.7 Å². The second-order valence-corrected chi connectivity index (χ2v) is 9.20. The van der Waals surface area contributed by atoms with E-state index in [1.54, 1.807) is 28.9 Å². The monoisotopic (exact) mass is 540 g/mol. The lowest BCUT2D eigenvalue weighted by molar-refractivity contribution is -0.136. The van der Waals surface area contributed by atoms with Crippen molar-refractivity contribution >= 4 is 52.4 Å². The molecule has 1 aliphatic rings. The number of hydrogen-bond donors (Lipinski definition) is 1. The molecular formula is C26H19Cl3N4O3. The number of rotatable bonds is 6. The lowest BCUT2D eigenvalue weighted by Gasteiger charge is -2.29. The first-order valence-corrected chi connectivity index (χ1v) is 12.0.